The third kappa shape index (κ3) is 2.02. The van der Waals surface area contributed by atoms with Gasteiger partial charge in [0, 0.05) is 10.6 Å². The zero-order chi connectivity index (χ0) is 13.6. The number of H-pyrrole nitrogens is 1. The van der Waals surface area contributed by atoms with E-state index in [0.29, 0.717) is 10.1 Å². The molecule has 5 atom stereocenters. The minimum atomic E-state index is -1.01. The average Bonchev–Trinajstić information content (AvgIpc) is 2.94. The molecule has 3 rings (SSSR count). The summed E-state index contributed by atoms with van der Waals surface area (Å²) in [6.45, 7) is 0. The molecule has 1 aromatic heterocycles. The first-order chi connectivity index (χ1) is 9.13. The molecule has 3 N–H and O–H groups in total. The molecule has 0 amide bonds. The Morgan fingerprint density at radius 1 is 1.42 bits per heavy atom. The molecule has 7 nitrogen and oxygen atoms in total. The van der Waals surface area contributed by atoms with Crippen LogP contribution >= 0.6 is 22.6 Å². The Morgan fingerprint density at radius 2 is 2.21 bits per heavy atom. The highest BCUT2D eigenvalue weighted by molar-refractivity contribution is 14.1. The lowest BCUT2D eigenvalue weighted by Gasteiger charge is -2.19. The lowest BCUT2D eigenvalue weighted by Crippen LogP contribution is -2.35. The van der Waals surface area contributed by atoms with Gasteiger partial charge in [-0.2, -0.15) is 0 Å². The quantitative estimate of drug-likeness (QED) is 0.476. The third-order valence-electron chi connectivity index (χ3n) is 3.44. The summed E-state index contributed by atoms with van der Waals surface area (Å²) in [4.78, 5) is 22.2. The monoisotopic (exact) mass is 377 g/mol. The summed E-state index contributed by atoms with van der Waals surface area (Å²) in [5.74, 6) is -0.408. The Bertz CT molecular complexity index is 575. The molecule has 3 heterocycles. The number of ether oxygens (including phenoxy) is 1. The van der Waals surface area contributed by atoms with Crippen LogP contribution in [0.2, 0.25) is 0 Å². The highest BCUT2D eigenvalue weighted by atomic mass is 127. The van der Waals surface area contributed by atoms with Crippen LogP contribution in [-0.4, -0.2) is 55.2 Å². The van der Waals surface area contributed by atoms with E-state index < -0.39 is 30.3 Å². The van der Waals surface area contributed by atoms with Gasteiger partial charge in [-0.3, -0.25) is 9.79 Å². The molecule has 0 radical (unpaired) electrons. The molecule has 1 fully saturated rings. The second-order valence-corrected chi connectivity index (χ2v) is 5.42. The Morgan fingerprint density at radius 3 is 2.89 bits per heavy atom. The maximum Gasteiger partial charge on any atom is 0.276 e. The topological polar surface area (TPSA) is 108 Å². The van der Waals surface area contributed by atoms with E-state index >= 15 is 0 Å². The molecule has 2 aliphatic heterocycles. The second kappa shape index (κ2) is 4.93. The van der Waals surface area contributed by atoms with Crippen molar-refractivity contribution in [3.63, 3.8) is 0 Å². The predicted molar refractivity (Wildman–Crippen MR) is 75.3 cm³/mol. The number of hydrogen-bond donors (Lipinski definition) is 3. The molecular formula is C11H12IN3O4. The fourth-order valence-corrected chi connectivity index (χ4v) is 3.17. The van der Waals surface area contributed by atoms with Crippen molar-refractivity contribution in [2.75, 3.05) is 4.43 Å². The van der Waals surface area contributed by atoms with Crippen LogP contribution in [0.1, 0.15) is 11.6 Å². The molecule has 19 heavy (non-hydrogen) atoms. The first-order valence-electron chi connectivity index (χ1n) is 5.83. The Labute approximate surface area is 121 Å². The van der Waals surface area contributed by atoms with Crippen molar-refractivity contribution >= 4 is 34.5 Å². The summed E-state index contributed by atoms with van der Waals surface area (Å²) in [6.07, 6.45) is -0.141. The number of aliphatic hydroxyl groups is 2. The number of aliphatic hydroxyl groups excluding tert-OH is 2. The molecular weight excluding hydrogens is 365 g/mol. The zero-order valence-electron chi connectivity index (χ0n) is 9.73. The SMILES string of the molecule is O=c1[nH]cnc2c1N=CC2[C@@H]1O[C@H](CI)[C@@H](O)[C@H]1O. The van der Waals surface area contributed by atoms with E-state index in [9.17, 15) is 15.0 Å². The molecule has 0 aliphatic carbocycles. The van der Waals surface area contributed by atoms with Gasteiger partial charge in [0.05, 0.1) is 30.1 Å². The molecule has 1 aromatic rings. The maximum absolute atomic E-state index is 11.6. The van der Waals surface area contributed by atoms with Crippen LogP contribution in [0.15, 0.2) is 16.1 Å². The first-order valence-corrected chi connectivity index (χ1v) is 7.35. The summed E-state index contributed by atoms with van der Waals surface area (Å²) in [5.41, 5.74) is 0.409. The van der Waals surface area contributed by atoms with E-state index in [4.69, 9.17) is 4.74 Å². The van der Waals surface area contributed by atoms with Crippen LogP contribution in [0, 0.1) is 0 Å². The van der Waals surface area contributed by atoms with Crippen molar-refractivity contribution in [3.8, 4) is 0 Å². The van der Waals surface area contributed by atoms with E-state index in [0.717, 1.165) is 0 Å². The average molecular weight is 377 g/mol. The van der Waals surface area contributed by atoms with Crippen LogP contribution < -0.4 is 5.56 Å². The molecule has 1 unspecified atom stereocenters. The Kier molecular flexibility index (Phi) is 3.41. The minimum absolute atomic E-state index is 0.246. The number of aliphatic imine (C=N–C) groups is 1. The molecule has 1 saturated heterocycles. The standard InChI is InChI=1S/C11H12IN3O4/c12-1-5-8(16)9(17)10(19-5)4-2-13-7-6(4)14-3-15-11(7)18/h2-5,8-10,16-17H,1H2,(H,14,15,18)/t4?,5-,8-,9-,10+/m1/s1. The molecule has 2 aliphatic rings. The van der Waals surface area contributed by atoms with Crippen LogP contribution in [0.25, 0.3) is 0 Å². The molecule has 0 spiro atoms. The fourth-order valence-electron chi connectivity index (χ4n) is 2.44. The fraction of sp³-hybridized carbons (Fsp3) is 0.545. The summed E-state index contributed by atoms with van der Waals surface area (Å²) in [6, 6.07) is 0. The van der Waals surface area contributed by atoms with Gasteiger partial charge in [-0.1, -0.05) is 22.6 Å². The summed E-state index contributed by atoms with van der Waals surface area (Å²) < 4.78 is 6.24. The van der Waals surface area contributed by atoms with Gasteiger partial charge in [0.1, 0.15) is 17.9 Å². The molecule has 8 heteroatoms. The van der Waals surface area contributed by atoms with Crippen LogP contribution in [-0.2, 0) is 4.74 Å². The van der Waals surface area contributed by atoms with Gasteiger partial charge in [-0.25, -0.2) is 4.98 Å². The van der Waals surface area contributed by atoms with Gasteiger partial charge in [-0.05, 0) is 0 Å². The summed E-state index contributed by atoms with van der Waals surface area (Å²) >= 11 is 2.09. The molecule has 0 bridgehead atoms. The number of nitrogens with one attached hydrogen (secondary N) is 1. The smallest absolute Gasteiger partial charge is 0.276 e. The van der Waals surface area contributed by atoms with E-state index in [1.807, 2.05) is 0 Å². The van der Waals surface area contributed by atoms with Gasteiger partial charge in [0.15, 0.2) is 0 Å². The number of fused-ring (bicyclic) bond motifs is 1. The molecule has 102 valence electrons. The van der Waals surface area contributed by atoms with Gasteiger partial charge in [0.2, 0.25) is 0 Å². The van der Waals surface area contributed by atoms with Crippen molar-refractivity contribution in [1.29, 1.82) is 0 Å². The number of aromatic amines is 1. The zero-order valence-corrected chi connectivity index (χ0v) is 11.9. The van der Waals surface area contributed by atoms with Gasteiger partial charge in [-0.15, -0.1) is 0 Å². The lowest BCUT2D eigenvalue weighted by molar-refractivity contribution is 0.0139. The van der Waals surface area contributed by atoms with Gasteiger partial charge in [0.25, 0.3) is 5.56 Å². The van der Waals surface area contributed by atoms with E-state index in [2.05, 4.69) is 37.6 Å². The van der Waals surface area contributed by atoms with E-state index in [1.165, 1.54) is 6.33 Å². The van der Waals surface area contributed by atoms with Crippen molar-refractivity contribution in [2.45, 2.75) is 30.3 Å². The van der Waals surface area contributed by atoms with Gasteiger partial charge >= 0.3 is 0 Å². The molecule has 0 saturated carbocycles. The van der Waals surface area contributed by atoms with Crippen molar-refractivity contribution in [2.24, 2.45) is 4.99 Å². The highest BCUT2D eigenvalue weighted by Crippen LogP contribution is 2.36. The van der Waals surface area contributed by atoms with Crippen LogP contribution in [0.4, 0.5) is 5.69 Å². The summed E-state index contributed by atoms with van der Waals surface area (Å²) in [5, 5.41) is 19.9. The number of hydrogen-bond acceptors (Lipinski definition) is 6. The number of aromatic nitrogens is 2. The van der Waals surface area contributed by atoms with Crippen LogP contribution in [0.3, 0.4) is 0 Å². The lowest BCUT2D eigenvalue weighted by atomic mass is 9.95. The van der Waals surface area contributed by atoms with Crippen molar-refractivity contribution in [3.05, 3.63) is 22.4 Å². The molecule has 0 aromatic carbocycles. The highest BCUT2D eigenvalue weighted by Gasteiger charge is 2.47. The third-order valence-corrected chi connectivity index (χ3v) is 4.31. The number of nitrogens with zero attached hydrogens (tertiary/aromatic N) is 2. The van der Waals surface area contributed by atoms with Gasteiger partial charge < -0.3 is 19.9 Å². The van der Waals surface area contributed by atoms with Crippen LogP contribution in [0.5, 0.6) is 0 Å². The van der Waals surface area contributed by atoms with E-state index in [1.54, 1.807) is 6.21 Å². The number of alkyl halides is 1. The second-order valence-electron chi connectivity index (χ2n) is 4.54. The normalized spacial score (nSPS) is 36.7. The Hall–Kier alpha value is -0.840. The Balaban J connectivity index is 1.93. The number of halogens is 1. The van der Waals surface area contributed by atoms with E-state index in [-0.39, 0.29) is 11.2 Å². The largest absolute Gasteiger partial charge is 0.388 e. The first kappa shape index (κ1) is 13.2. The maximum atomic E-state index is 11.6. The van der Waals surface area contributed by atoms with Crippen molar-refractivity contribution in [1.82, 2.24) is 9.97 Å². The summed E-state index contributed by atoms with van der Waals surface area (Å²) in [7, 11) is 0. The van der Waals surface area contributed by atoms with Crippen molar-refractivity contribution < 1.29 is 14.9 Å². The predicted octanol–water partition coefficient (Wildman–Crippen LogP) is -0.506. The minimum Gasteiger partial charge on any atom is -0.388 e. The number of rotatable bonds is 2.